The highest BCUT2D eigenvalue weighted by Crippen LogP contribution is 2.20. The van der Waals surface area contributed by atoms with Crippen molar-refractivity contribution in [3.63, 3.8) is 0 Å². The Bertz CT molecular complexity index is 485. The summed E-state index contributed by atoms with van der Waals surface area (Å²) in [4.78, 5) is -0.146. The Morgan fingerprint density at radius 3 is 2.75 bits per heavy atom. The molecule has 0 fully saturated rings. The fraction of sp³-hybridized carbons (Fsp3) is 0.200. The Hall–Kier alpha value is -1.40. The van der Waals surface area contributed by atoms with Crippen molar-refractivity contribution in [3.05, 3.63) is 36.7 Å². The monoisotopic (exact) mass is 245 g/mol. The minimum Gasteiger partial charge on any atom is -0.494 e. The molecule has 88 valence electrons. The number of rotatable bonds is 5. The first-order valence-corrected chi connectivity index (χ1v) is 5.93. The van der Waals surface area contributed by atoms with Gasteiger partial charge in [-0.05, 0) is 18.2 Å². The average molecular weight is 245 g/mol. The summed E-state index contributed by atoms with van der Waals surface area (Å²) in [6, 6.07) is 3.44. The molecule has 0 heterocycles. The zero-order valence-corrected chi connectivity index (χ0v) is 9.55. The molecule has 6 heteroatoms. The van der Waals surface area contributed by atoms with Crippen LogP contribution in [0.4, 0.5) is 4.39 Å². The number of hydrogen-bond acceptors (Lipinski definition) is 3. The highest BCUT2D eigenvalue weighted by Gasteiger charge is 2.15. The molecule has 1 aromatic rings. The molecule has 0 amide bonds. The van der Waals surface area contributed by atoms with Gasteiger partial charge in [-0.2, -0.15) is 0 Å². The van der Waals surface area contributed by atoms with Crippen molar-refractivity contribution < 1.29 is 17.5 Å². The van der Waals surface area contributed by atoms with Gasteiger partial charge in [0.1, 0.15) is 0 Å². The number of methoxy groups -OCH3 is 1. The molecule has 0 saturated heterocycles. The van der Waals surface area contributed by atoms with Gasteiger partial charge in [0.2, 0.25) is 10.0 Å². The number of sulfonamides is 1. The number of hydrogen-bond donors (Lipinski definition) is 1. The molecule has 0 aliphatic heterocycles. The highest BCUT2D eigenvalue weighted by atomic mass is 32.2. The zero-order valence-electron chi connectivity index (χ0n) is 8.73. The average Bonchev–Trinajstić information content (AvgIpc) is 2.26. The van der Waals surface area contributed by atoms with Gasteiger partial charge in [0.05, 0.1) is 12.0 Å². The molecule has 0 saturated carbocycles. The second-order valence-electron chi connectivity index (χ2n) is 2.94. The standard InChI is InChI=1S/C10H12FNO3S/c1-3-6-12-16(13,14)8-4-5-10(15-2)9(11)7-8/h3-5,7,12H,1,6H2,2H3. The van der Waals surface area contributed by atoms with Gasteiger partial charge >= 0.3 is 0 Å². The molecule has 0 radical (unpaired) electrons. The van der Waals surface area contributed by atoms with Crippen LogP contribution in [0.3, 0.4) is 0 Å². The summed E-state index contributed by atoms with van der Waals surface area (Å²) < 4.78 is 43.3. The van der Waals surface area contributed by atoms with Crippen molar-refractivity contribution in [1.82, 2.24) is 4.72 Å². The van der Waals surface area contributed by atoms with Gasteiger partial charge in [0.25, 0.3) is 0 Å². The number of benzene rings is 1. The van der Waals surface area contributed by atoms with Crippen molar-refractivity contribution in [2.45, 2.75) is 4.90 Å². The molecule has 16 heavy (non-hydrogen) atoms. The fourth-order valence-electron chi connectivity index (χ4n) is 1.07. The number of halogens is 1. The van der Waals surface area contributed by atoms with Gasteiger partial charge in [0.15, 0.2) is 11.6 Å². The molecular formula is C10H12FNO3S. The van der Waals surface area contributed by atoms with Crippen molar-refractivity contribution >= 4 is 10.0 Å². The predicted octanol–water partition coefficient (Wildman–Crippen LogP) is 1.30. The molecule has 0 spiro atoms. The first kappa shape index (κ1) is 12.7. The lowest BCUT2D eigenvalue weighted by Crippen LogP contribution is -2.23. The van der Waals surface area contributed by atoms with Crippen molar-refractivity contribution in [1.29, 1.82) is 0 Å². The van der Waals surface area contributed by atoms with Gasteiger partial charge < -0.3 is 4.74 Å². The minimum absolute atomic E-state index is 0.00247. The Labute approximate surface area is 93.8 Å². The largest absolute Gasteiger partial charge is 0.494 e. The summed E-state index contributed by atoms with van der Waals surface area (Å²) in [6.45, 7) is 3.47. The first-order chi connectivity index (χ1) is 7.51. The van der Waals surface area contributed by atoms with Crippen LogP contribution in [-0.2, 0) is 10.0 Å². The van der Waals surface area contributed by atoms with Gasteiger partial charge in [-0.25, -0.2) is 17.5 Å². The maximum absolute atomic E-state index is 13.3. The molecule has 0 aliphatic carbocycles. The van der Waals surface area contributed by atoms with E-state index >= 15 is 0 Å². The normalized spacial score (nSPS) is 11.1. The lowest BCUT2D eigenvalue weighted by atomic mass is 10.3. The van der Waals surface area contributed by atoms with Crippen molar-refractivity contribution in [2.24, 2.45) is 0 Å². The Kier molecular flexibility index (Phi) is 4.03. The number of nitrogens with one attached hydrogen (secondary N) is 1. The quantitative estimate of drug-likeness (QED) is 0.795. The molecule has 1 rings (SSSR count). The van der Waals surface area contributed by atoms with Gasteiger partial charge in [-0.3, -0.25) is 0 Å². The van der Waals surface area contributed by atoms with Crippen LogP contribution in [0, 0.1) is 5.82 Å². The van der Waals surface area contributed by atoms with Crippen LogP contribution < -0.4 is 9.46 Å². The van der Waals surface area contributed by atoms with Crippen LogP contribution in [0.25, 0.3) is 0 Å². The molecule has 0 atom stereocenters. The SMILES string of the molecule is C=CCNS(=O)(=O)c1ccc(OC)c(F)c1. The molecule has 0 aliphatic rings. The predicted molar refractivity (Wildman–Crippen MR) is 58.3 cm³/mol. The van der Waals surface area contributed by atoms with Gasteiger partial charge in [0, 0.05) is 6.54 Å². The minimum atomic E-state index is -3.69. The van der Waals surface area contributed by atoms with Gasteiger partial charge in [-0.15, -0.1) is 6.58 Å². The molecule has 4 nitrogen and oxygen atoms in total. The third kappa shape index (κ3) is 2.80. The molecule has 0 unspecified atom stereocenters. The Morgan fingerprint density at radius 2 is 2.25 bits per heavy atom. The summed E-state index contributed by atoms with van der Waals surface area (Å²) >= 11 is 0. The van der Waals surface area contributed by atoms with E-state index in [-0.39, 0.29) is 17.2 Å². The smallest absolute Gasteiger partial charge is 0.240 e. The lowest BCUT2D eigenvalue weighted by Gasteiger charge is -2.06. The van der Waals surface area contributed by atoms with Crippen LogP contribution in [0.5, 0.6) is 5.75 Å². The van der Waals surface area contributed by atoms with E-state index in [0.717, 1.165) is 6.07 Å². The summed E-state index contributed by atoms with van der Waals surface area (Å²) in [5.41, 5.74) is 0. The van der Waals surface area contributed by atoms with E-state index in [1.807, 2.05) is 0 Å². The summed E-state index contributed by atoms with van der Waals surface area (Å²) in [6.07, 6.45) is 1.40. The highest BCUT2D eigenvalue weighted by molar-refractivity contribution is 7.89. The van der Waals surface area contributed by atoms with E-state index in [4.69, 9.17) is 0 Å². The number of ether oxygens (including phenoxy) is 1. The molecule has 0 bridgehead atoms. The Balaban J connectivity index is 3.05. The fourth-order valence-corrected chi connectivity index (χ4v) is 2.08. The molecule has 1 aromatic carbocycles. The maximum atomic E-state index is 13.3. The Morgan fingerprint density at radius 1 is 1.56 bits per heavy atom. The summed E-state index contributed by atoms with van der Waals surface area (Å²) in [5.74, 6) is -0.716. The van der Waals surface area contributed by atoms with E-state index < -0.39 is 15.8 Å². The van der Waals surface area contributed by atoms with Crippen LogP contribution in [-0.4, -0.2) is 22.1 Å². The third-order valence-corrected chi connectivity index (χ3v) is 3.27. The van der Waals surface area contributed by atoms with Crippen LogP contribution >= 0.6 is 0 Å². The zero-order chi connectivity index (χ0) is 12.2. The van der Waals surface area contributed by atoms with Crippen LogP contribution in [0.2, 0.25) is 0 Å². The van der Waals surface area contributed by atoms with Crippen molar-refractivity contribution in [2.75, 3.05) is 13.7 Å². The topological polar surface area (TPSA) is 55.4 Å². The first-order valence-electron chi connectivity index (χ1n) is 4.45. The van der Waals surface area contributed by atoms with Crippen LogP contribution in [0.15, 0.2) is 35.7 Å². The lowest BCUT2D eigenvalue weighted by molar-refractivity contribution is 0.385. The van der Waals surface area contributed by atoms with Crippen molar-refractivity contribution in [3.8, 4) is 5.75 Å². The molecule has 0 aromatic heterocycles. The molecular weight excluding hydrogens is 233 g/mol. The summed E-state index contributed by atoms with van der Waals surface area (Å²) in [5, 5.41) is 0. The summed E-state index contributed by atoms with van der Waals surface area (Å²) in [7, 11) is -2.38. The van der Waals surface area contributed by atoms with E-state index in [2.05, 4.69) is 16.0 Å². The van der Waals surface area contributed by atoms with E-state index in [0.29, 0.717) is 0 Å². The second kappa shape index (κ2) is 5.09. The maximum Gasteiger partial charge on any atom is 0.240 e. The third-order valence-electron chi connectivity index (χ3n) is 1.85. The van der Waals surface area contributed by atoms with E-state index in [1.165, 1.54) is 25.3 Å². The molecule has 1 N–H and O–H groups in total. The van der Waals surface area contributed by atoms with E-state index in [1.54, 1.807) is 0 Å². The van der Waals surface area contributed by atoms with Crippen LogP contribution in [0.1, 0.15) is 0 Å². The van der Waals surface area contributed by atoms with E-state index in [9.17, 15) is 12.8 Å². The second-order valence-corrected chi connectivity index (χ2v) is 4.70. The van der Waals surface area contributed by atoms with Gasteiger partial charge in [-0.1, -0.05) is 6.08 Å².